The van der Waals surface area contributed by atoms with E-state index < -0.39 is 22.2 Å². The van der Waals surface area contributed by atoms with Crippen LogP contribution in [0.1, 0.15) is 46.0 Å². The fraction of sp³-hybridized carbons (Fsp3) is 0.857. The third kappa shape index (κ3) is 4.15. The Labute approximate surface area is 123 Å². The van der Waals surface area contributed by atoms with Gasteiger partial charge in [0, 0.05) is 10.3 Å². The van der Waals surface area contributed by atoms with Crippen molar-refractivity contribution in [2.45, 2.75) is 46.0 Å². The Morgan fingerprint density at radius 2 is 1.95 bits per heavy atom. The molecule has 1 N–H and O–H groups in total. The predicted octanol–water partition coefficient (Wildman–Crippen LogP) is 2.11. The van der Waals surface area contributed by atoms with Gasteiger partial charge in [-0.05, 0) is 39.0 Å². The molecule has 0 spiro atoms. The van der Waals surface area contributed by atoms with E-state index in [0.717, 1.165) is 0 Å². The maximum absolute atomic E-state index is 11.7. The molecular weight excluding hydrogens is 278 g/mol. The van der Waals surface area contributed by atoms with Crippen molar-refractivity contribution >= 4 is 11.9 Å². The van der Waals surface area contributed by atoms with E-state index in [2.05, 4.69) is 0 Å². The zero-order chi connectivity index (χ0) is 16.0. The summed E-state index contributed by atoms with van der Waals surface area (Å²) in [6.45, 7) is 3.42. The van der Waals surface area contributed by atoms with Gasteiger partial charge in [-0.3, -0.25) is 19.7 Å². The minimum atomic E-state index is -0.992. The number of rotatable bonds is 7. The van der Waals surface area contributed by atoms with E-state index in [9.17, 15) is 24.8 Å². The Morgan fingerprint density at radius 1 is 1.38 bits per heavy atom. The quantitative estimate of drug-likeness (QED) is 0.438. The molecule has 1 aliphatic rings. The van der Waals surface area contributed by atoms with Crippen LogP contribution in [0.4, 0.5) is 0 Å². The van der Waals surface area contributed by atoms with Gasteiger partial charge in [0.15, 0.2) is 0 Å². The Hall–Kier alpha value is -1.66. The van der Waals surface area contributed by atoms with Crippen LogP contribution in [0.5, 0.6) is 0 Å². The van der Waals surface area contributed by atoms with Gasteiger partial charge in [0.25, 0.3) is 0 Å². The van der Waals surface area contributed by atoms with Crippen LogP contribution < -0.4 is 0 Å². The normalized spacial score (nSPS) is 26.9. The molecule has 0 amide bonds. The molecule has 0 saturated heterocycles. The maximum Gasteiger partial charge on any atom is 0.308 e. The molecule has 1 fully saturated rings. The molecule has 0 aliphatic heterocycles. The second-order valence-electron chi connectivity index (χ2n) is 5.68. The van der Waals surface area contributed by atoms with Crippen LogP contribution in [0, 0.1) is 27.4 Å². The van der Waals surface area contributed by atoms with E-state index in [0.29, 0.717) is 38.7 Å². The van der Waals surface area contributed by atoms with Crippen molar-refractivity contribution in [1.82, 2.24) is 0 Å². The summed E-state index contributed by atoms with van der Waals surface area (Å²) in [7, 11) is 0. The summed E-state index contributed by atoms with van der Waals surface area (Å²) in [5, 5.41) is 20.3. The van der Waals surface area contributed by atoms with Crippen LogP contribution in [0.15, 0.2) is 0 Å². The zero-order valence-electron chi connectivity index (χ0n) is 12.5. The molecule has 0 radical (unpaired) electrons. The molecule has 7 nitrogen and oxygen atoms in total. The van der Waals surface area contributed by atoms with Gasteiger partial charge in [0.2, 0.25) is 6.54 Å². The van der Waals surface area contributed by atoms with Crippen LogP contribution in [-0.2, 0) is 14.3 Å². The molecule has 0 heterocycles. The van der Waals surface area contributed by atoms with Crippen molar-refractivity contribution in [1.29, 1.82) is 0 Å². The van der Waals surface area contributed by atoms with Gasteiger partial charge < -0.3 is 9.84 Å². The largest absolute Gasteiger partial charge is 0.481 e. The second-order valence-corrected chi connectivity index (χ2v) is 5.68. The number of carbonyl (C=O) groups is 2. The molecule has 0 aromatic rings. The molecule has 21 heavy (non-hydrogen) atoms. The lowest BCUT2D eigenvalue weighted by atomic mass is 9.62. The Bertz CT molecular complexity index is 400. The lowest BCUT2D eigenvalue weighted by molar-refractivity contribution is -0.501. The summed E-state index contributed by atoms with van der Waals surface area (Å²) in [6, 6.07) is 0. The summed E-state index contributed by atoms with van der Waals surface area (Å²) < 4.78 is 4.98. The van der Waals surface area contributed by atoms with E-state index in [1.54, 1.807) is 13.8 Å². The van der Waals surface area contributed by atoms with Gasteiger partial charge in [0.1, 0.15) is 0 Å². The number of carboxylic acid groups (broad SMARTS) is 1. The average Bonchev–Trinajstić information content (AvgIpc) is 2.39. The minimum Gasteiger partial charge on any atom is -0.481 e. The first kappa shape index (κ1) is 17.4. The monoisotopic (exact) mass is 301 g/mol. The van der Waals surface area contributed by atoms with Crippen LogP contribution in [-0.4, -0.2) is 35.1 Å². The molecular formula is C14H23NO6. The van der Waals surface area contributed by atoms with E-state index in [-0.39, 0.29) is 18.4 Å². The minimum absolute atomic E-state index is 0.267. The Morgan fingerprint density at radius 3 is 2.33 bits per heavy atom. The van der Waals surface area contributed by atoms with Crippen molar-refractivity contribution in [3.8, 4) is 0 Å². The predicted molar refractivity (Wildman–Crippen MR) is 74.3 cm³/mol. The summed E-state index contributed by atoms with van der Waals surface area (Å²) in [5.74, 6) is -2.29. The third-order valence-electron chi connectivity index (χ3n) is 4.49. The van der Waals surface area contributed by atoms with Crippen molar-refractivity contribution in [3.63, 3.8) is 0 Å². The number of carbonyl (C=O) groups excluding carboxylic acids is 1. The van der Waals surface area contributed by atoms with Gasteiger partial charge in [0.05, 0.1) is 18.4 Å². The first-order valence-corrected chi connectivity index (χ1v) is 7.37. The van der Waals surface area contributed by atoms with Crippen molar-refractivity contribution in [3.05, 3.63) is 10.1 Å². The van der Waals surface area contributed by atoms with Crippen molar-refractivity contribution in [2.75, 3.05) is 13.2 Å². The average molecular weight is 301 g/mol. The van der Waals surface area contributed by atoms with Gasteiger partial charge >= 0.3 is 11.9 Å². The maximum atomic E-state index is 11.7. The van der Waals surface area contributed by atoms with Crippen LogP contribution in [0.25, 0.3) is 0 Å². The highest BCUT2D eigenvalue weighted by Gasteiger charge is 2.49. The molecule has 1 atom stereocenters. The summed E-state index contributed by atoms with van der Waals surface area (Å²) in [4.78, 5) is 33.7. The molecule has 0 bridgehead atoms. The highest BCUT2D eigenvalue weighted by Crippen LogP contribution is 2.46. The van der Waals surface area contributed by atoms with E-state index >= 15 is 0 Å². The third-order valence-corrected chi connectivity index (χ3v) is 4.49. The number of hydrogen-bond acceptors (Lipinski definition) is 5. The summed E-state index contributed by atoms with van der Waals surface area (Å²) in [6.07, 6.45) is 2.02. The first-order chi connectivity index (χ1) is 9.86. The van der Waals surface area contributed by atoms with Crippen LogP contribution in [0.2, 0.25) is 0 Å². The smallest absolute Gasteiger partial charge is 0.308 e. The molecule has 1 unspecified atom stereocenters. The molecule has 1 aliphatic carbocycles. The summed E-state index contributed by atoms with van der Waals surface area (Å²) in [5.41, 5.74) is -0.854. The van der Waals surface area contributed by atoms with Crippen LogP contribution in [0.3, 0.4) is 0 Å². The fourth-order valence-electron chi connectivity index (χ4n) is 3.43. The molecule has 1 saturated carbocycles. The van der Waals surface area contributed by atoms with Gasteiger partial charge in [-0.25, -0.2) is 0 Å². The van der Waals surface area contributed by atoms with E-state index in [1.807, 2.05) is 0 Å². The van der Waals surface area contributed by atoms with Gasteiger partial charge in [-0.15, -0.1) is 0 Å². The number of nitrogens with zero attached hydrogens (tertiary/aromatic N) is 1. The fourth-order valence-corrected chi connectivity index (χ4v) is 3.43. The summed E-state index contributed by atoms with van der Waals surface area (Å²) >= 11 is 0. The highest BCUT2D eigenvalue weighted by atomic mass is 16.6. The van der Waals surface area contributed by atoms with Crippen LogP contribution >= 0.6 is 0 Å². The molecule has 7 heteroatoms. The first-order valence-electron chi connectivity index (χ1n) is 7.37. The second kappa shape index (κ2) is 7.38. The standard InChI is InChI=1S/C14H23NO6/c1-3-11(12(16)17)14(9-15(19)20)7-5-10(6-8-14)13(18)21-4-2/h10-11H,3-9H2,1-2H3,(H,16,17). The van der Waals surface area contributed by atoms with Crippen molar-refractivity contribution in [2.24, 2.45) is 17.3 Å². The number of esters is 1. The number of carboxylic acids is 1. The van der Waals surface area contributed by atoms with E-state index in [1.165, 1.54) is 0 Å². The topological polar surface area (TPSA) is 107 Å². The Balaban J connectivity index is 2.86. The van der Waals surface area contributed by atoms with E-state index in [4.69, 9.17) is 4.74 Å². The SMILES string of the molecule is CCOC(=O)C1CCC(C[N+](=O)[O-])(C(CC)C(=O)O)CC1. The van der Waals surface area contributed by atoms with Gasteiger partial charge in [-0.1, -0.05) is 6.92 Å². The lowest BCUT2D eigenvalue weighted by Gasteiger charge is -2.40. The zero-order valence-corrected chi connectivity index (χ0v) is 12.5. The number of hydrogen-bond donors (Lipinski definition) is 1. The molecule has 120 valence electrons. The molecule has 0 aromatic carbocycles. The lowest BCUT2D eigenvalue weighted by Crippen LogP contribution is -2.45. The highest BCUT2D eigenvalue weighted by molar-refractivity contribution is 5.73. The molecule has 1 rings (SSSR count). The number of nitro groups is 1. The van der Waals surface area contributed by atoms with Gasteiger partial charge in [-0.2, -0.15) is 0 Å². The van der Waals surface area contributed by atoms with Crippen molar-refractivity contribution < 1.29 is 24.4 Å². The molecule has 0 aromatic heterocycles. The number of ether oxygens (including phenoxy) is 1. The number of aliphatic carboxylic acids is 1. The Kier molecular flexibility index (Phi) is 6.11.